The van der Waals surface area contributed by atoms with E-state index in [-0.39, 0.29) is 0 Å². The van der Waals surface area contributed by atoms with Gasteiger partial charge >= 0.3 is 0 Å². The summed E-state index contributed by atoms with van der Waals surface area (Å²) in [6.45, 7) is 2.88. The van der Waals surface area contributed by atoms with Crippen molar-refractivity contribution in [2.75, 3.05) is 37.9 Å². The van der Waals surface area contributed by atoms with Crippen molar-refractivity contribution in [3.63, 3.8) is 0 Å². The molecule has 1 aromatic rings. The summed E-state index contributed by atoms with van der Waals surface area (Å²) in [4.78, 5) is 8.40. The molecule has 3 N–H and O–H groups in total. The van der Waals surface area contributed by atoms with E-state index in [0.29, 0.717) is 18.2 Å². The molecule has 1 aromatic heterocycles. The fourth-order valence-corrected chi connectivity index (χ4v) is 1.73. The van der Waals surface area contributed by atoms with Gasteiger partial charge in [-0.25, -0.2) is 9.97 Å². The van der Waals surface area contributed by atoms with Crippen LogP contribution in [0.5, 0.6) is 0 Å². The molecule has 0 bridgehead atoms. The molecule has 6 nitrogen and oxygen atoms in total. The van der Waals surface area contributed by atoms with E-state index in [1.54, 1.807) is 13.2 Å². The summed E-state index contributed by atoms with van der Waals surface area (Å²) >= 11 is 0. The van der Waals surface area contributed by atoms with Gasteiger partial charge in [-0.15, -0.1) is 0 Å². The van der Waals surface area contributed by atoms with E-state index in [0.717, 1.165) is 37.9 Å². The summed E-state index contributed by atoms with van der Waals surface area (Å²) in [5, 5.41) is 3.22. The summed E-state index contributed by atoms with van der Waals surface area (Å²) < 4.78 is 10.6. The number of aromatic nitrogens is 2. The summed E-state index contributed by atoms with van der Waals surface area (Å²) in [6, 6.07) is 1.73. The highest BCUT2D eigenvalue weighted by atomic mass is 16.5. The summed E-state index contributed by atoms with van der Waals surface area (Å²) in [6.07, 6.45) is 3.62. The average Bonchev–Trinajstić information content (AvgIpc) is 3.17. The minimum atomic E-state index is 0.365. The quantitative estimate of drug-likeness (QED) is 0.658. The highest BCUT2D eigenvalue weighted by molar-refractivity contribution is 5.44. The largest absolute Gasteiger partial charge is 0.384 e. The van der Waals surface area contributed by atoms with Crippen LogP contribution in [-0.4, -0.2) is 36.8 Å². The van der Waals surface area contributed by atoms with E-state index in [1.165, 1.54) is 12.8 Å². The van der Waals surface area contributed by atoms with Crippen molar-refractivity contribution in [1.82, 2.24) is 9.97 Å². The first-order valence-electron chi connectivity index (χ1n) is 6.72. The van der Waals surface area contributed by atoms with E-state index in [4.69, 9.17) is 15.2 Å². The lowest BCUT2D eigenvalue weighted by molar-refractivity contribution is 0.124. The third-order valence-electron chi connectivity index (χ3n) is 2.89. The molecule has 19 heavy (non-hydrogen) atoms. The number of methoxy groups -OCH3 is 1. The van der Waals surface area contributed by atoms with Crippen LogP contribution in [0.4, 0.5) is 11.6 Å². The van der Waals surface area contributed by atoms with E-state index in [9.17, 15) is 0 Å². The van der Waals surface area contributed by atoms with Crippen molar-refractivity contribution in [2.45, 2.75) is 25.9 Å². The van der Waals surface area contributed by atoms with Gasteiger partial charge in [0.2, 0.25) is 0 Å². The number of nitrogens with one attached hydrogen (secondary N) is 1. The lowest BCUT2D eigenvalue weighted by atomic mass is 10.4. The zero-order valence-electron chi connectivity index (χ0n) is 11.4. The molecule has 1 saturated carbocycles. The Morgan fingerprint density at radius 3 is 3.00 bits per heavy atom. The zero-order chi connectivity index (χ0) is 13.5. The lowest BCUT2D eigenvalue weighted by Gasteiger charge is -2.08. The van der Waals surface area contributed by atoms with Gasteiger partial charge in [-0.05, 0) is 25.2 Å². The Hall–Kier alpha value is -1.40. The maximum atomic E-state index is 5.71. The van der Waals surface area contributed by atoms with Gasteiger partial charge in [0.25, 0.3) is 0 Å². The molecule has 0 aromatic carbocycles. The Balaban J connectivity index is 1.65. The molecule has 1 aliphatic carbocycles. The van der Waals surface area contributed by atoms with Crippen LogP contribution >= 0.6 is 0 Å². The predicted molar refractivity (Wildman–Crippen MR) is 73.8 cm³/mol. The minimum Gasteiger partial charge on any atom is -0.384 e. The Kier molecular flexibility index (Phi) is 5.35. The second kappa shape index (κ2) is 7.25. The molecule has 2 rings (SSSR count). The number of nitrogens with zero attached hydrogens (tertiary/aromatic N) is 2. The monoisotopic (exact) mass is 266 g/mol. The van der Waals surface area contributed by atoms with Crippen molar-refractivity contribution in [2.24, 2.45) is 5.92 Å². The molecule has 0 amide bonds. The molecule has 1 heterocycles. The first kappa shape index (κ1) is 14.0. The van der Waals surface area contributed by atoms with Crippen LogP contribution in [0.25, 0.3) is 0 Å². The molecule has 6 heteroatoms. The number of hydrogen-bond acceptors (Lipinski definition) is 6. The Labute approximate surface area is 113 Å². The number of ether oxygens (including phenoxy) is 2. The van der Waals surface area contributed by atoms with Crippen LogP contribution < -0.4 is 11.1 Å². The van der Waals surface area contributed by atoms with Crippen molar-refractivity contribution in [3.8, 4) is 0 Å². The Morgan fingerprint density at radius 1 is 1.42 bits per heavy atom. The number of nitrogens with two attached hydrogens (primary N) is 1. The first-order valence-corrected chi connectivity index (χ1v) is 6.72. The molecule has 0 atom stereocenters. The molecule has 0 radical (unpaired) electrons. The Bertz CT molecular complexity index is 396. The topological polar surface area (TPSA) is 82.3 Å². The number of rotatable bonds is 9. The maximum absolute atomic E-state index is 5.71. The lowest BCUT2D eigenvalue weighted by Crippen LogP contribution is -2.10. The standard InChI is InChI=1S/C13H22N4O2/c1-18-9-13-16-11(14)7-12(17-13)15-5-2-6-19-8-10-3-4-10/h7,10H,2-6,8-9H2,1H3,(H3,14,15,16,17). The minimum absolute atomic E-state index is 0.365. The predicted octanol–water partition coefficient (Wildman–Crippen LogP) is 1.43. The SMILES string of the molecule is COCc1nc(N)cc(NCCCOCC2CC2)n1. The third-order valence-corrected chi connectivity index (χ3v) is 2.89. The van der Waals surface area contributed by atoms with Crippen LogP contribution in [0, 0.1) is 5.92 Å². The molecule has 0 unspecified atom stereocenters. The van der Waals surface area contributed by atoms with Gasteiger partial charge in [0, 0.05) is 32.9 Å². The van der Waals surface area contributed by atoms with Gasteiger partial charge in [0.15, 0.2) is 5.82 Å². The second-order valence-corrected chi connectivity index (χ2v) is 4.83. The van der Waals surface area contributed by atoms with Crippen LogP contribution in [0.1, 0.15) is 25.1 Å². The van der Waals surface area contributed by atoms with Gasteiger partial charge in [0.05, 0.1) is 0 Å². The first-order chi connectivity index (χ1) is 9.28. The van der Waals surface area contributed by atoms with Crippen LogP contribution in [-0.2, 0) is 16.1 Å². The van der Waals surface area contributed by atoms with Crippen molar-refractivity contribution >= 4 is 11.6 Å². The average molecular weight is 266 g/mol. The maximum Gasteiger partial charge on any atom is 0.158 e. The smallest absolute Gasteiger partial charge is 0.158 e. The molecule has 1 aliphatic rings. The number of hydrogen-bond donors (Lipinski definition) is 2. The summed E-state index contributed by atoms with van der Waals surface area (Å²) in [7, 11) is 1.61. The fourth-order valence-electron chi connectivity index (χ4n) is 1.73. The van der Waals surface area contributed by atoms with E-state index in [1.807, 2.05) is 0 Å². The highest BCUT2D eigenvalue weighted by Crippen LogP contribution is 2.28. The fraction of sp³-hybridized carbons (Fsp3) is 0.692. The van der Waals surface area contributed by atoms with Crippen molar-refractivity contribution in [3.05, 3.63) is 11.9 Å². The van der Waals surface area contributed by atoms with E-state index >= 15 is 0 Å². The molecule has 0 spiro atoms. The normalized spacial score (nSPS) is 14.6. The van der Waals surface area contributed by atoms with Gasteiger partial charge < -0.3 is 20.5 Å². The van der Waals surface area contributed by atoms with Gasteiger partial charge in [-0.2, -0.15) is 0 Å². The number of anilines is 2. The van der Waals surface area contributed by atoms with E-state index < -0.39 is 0 Å². The summed E-state index contributed by atoms with van der Waals surface area (Å²) in [5.74, 6) is 2.61. The van der Waals surface area contributed by atoms with Gasteiger partial charge in [-0.1, -0.05) is 0 Å². The van der Waals surface area contributed by atoms with Crippen LogP contribution in [0.3, 0.4) is 0 Å². The summed E-state index contributed by atoms with van der Waals surface area (Å²) in [5.41, 5.74) is 5.71. The van der Waals surface area contributed by atoms with Crippen molar-refractivity contribution < 1.29 is 9.47 Å². The molecule has 0 aliphatic heterocycles. The molecular weight excluding hydrogens is 244 g/mol. The van der Waals surface area contributed by atoms with Crippen LogP contribution in [0.2, 0.25) is 0 Å². The molecular formula is C13H22N4O2. The van der Waals surface area contributed by atoms with Gasteiger partial charge in [0.1, 0.15) is 18.2 Å². The van der Waals surface area contributed by atoms with E-state index in [2.05, 4.69) is 15.3 Å². The molecule has 0 saturated heterocycles. The number of nitrogen functional groups attached to an aromatic ring is 1. The third kappa shape index (κ3) is 5.40. The van der Waals surface area contributed by atoms with Gasteiger partial charge in [-0.3, -0.25) is 0 Å². The highest BCUT2D eigenvalue weighted by Gasteiger charge is 2.20. The Morgan fingerprint density at radius 2 is 2.26 bits per heavy atom. The second-order valence-electron chi connectivity index (χ2n) is 4.83. The van der Waals surface area contributed by atoms with Crippen molar-refractivity contribution in [1.29, 1.82) is 0 Å². The zero-order valence-corrected chi connectivity index (χ0v) is 11.4. The molecule has 1 fully saturated rings. The molecule has 106 valence electrons. The van der Waals surface area contributed by atoms with Crippen LogP contribution in [0.15, 0.2) is 6.07 Å².